The number of likely N-dealkylation sites (tertiary alicyclic amines) is 1. The third-order valence-corrected chi connectivity index (χ3v) is 12.3. The summed E-state index contributed by atoms with van der Waals surface area (Å²) in [6.45, 7) is 9.36. The van der Waals surface area contributed by atoms with Gasteiger partial charge in [0.15, 0.2) is 0 Å². The highest BCUT2D eigenvalue weighted by molar-refractivity contribution is 5.31. The number of hydrogen-bond acceptors (Lipinski definition) is 6. The second-order valence-electron chi connectivity index (χ2n) is 13.3. The van der Waals surface area contributed by atoms with Gasteiger partial charge in [-0.05, 0) is 113 Å². The van der Waals surface area contributed by atoms with Gasteiger partial charge in [0.25, 0.3) is 0 Å². The van der Waals surface area contributed by atoms with Gasteiger partial charge in [-0.3, -0.25) is 0 Å². The molecule has 0 radical (unpaired) electrons. The molecule has 2 heterocycles. The van der Waals surface area contributed by atoms with Crippen LogP contribution < -0.4 is 0 Å². The van der Waals surface area contributed by atoms with Crippen LogP contribution in [0.4, 0.5) is 0 Å². The minimum Gasteiger partial charge on any atom is -0.389 e. The van der Waals surface area contributed by atoms with Crippen molar-refractivity contribution in [2.75, 3.05) is 33.4 Å². The van der Waals surface area contributed by atoms with Crippen molar-refractivity contribution < 1.29 is 14.6 Å². The molecule has 5 fully saturated rings. The van der Waals surface area contributed by atoms with Crippen molar-refractivity contribution in [3.8, 4) is 0 Å². The zero-order valence-corrected chi connectivity index (χ0v) is 22.8. The van der Waals surface area contributed by atoms with E-state index in [1.165, 1.54) is 58.0 Å². The van der Waals surface area contributed by atoms with Crippen molar-refractivity contribution in [3.63, 3.8) is 0 Å². The second kappa shape index (κ2) is 9.29. The van der Waals surface area contributed by atoms with E-state index >= 15 is 0 Å². The third kappa shape index (κ3) is 3.57. The molecule has 1 saturated heterocycles. The van der Waals surface area contributed by atoms with Crippen LogP contribution in [0.25, 0.3) is 0 Å². The molecule has 1 aromatic rings. The van der Waals surface area contributed by atoms with Gasteiger partial charge in [0, 0.05) is 30.8 Å². The Kier molecular flexibility index (Phi) is 6.50. The summed E-state index contributed by atoms with van der Waals surface area (Å²) >= 11 is 0. The molecule has 0 unspecified atom stereocenters. The van der Waals surface area contributed by atoms with Crippen LogP contribution >= 0.6 is 0 Å². The molecule has 6 rings (SSSR count). The Hall–Kier alpha value is -1.08. The van der Waals surface area contributed by atoms with Crippen LogP contribution in [-0.2, 0) is 15.1 Å². The Bertz CT molecular complexity index is 925. The molecule has 0 aromatic carbocycles. The van der Waals surface area contributed by atoms with Crippen LogP contribution in [0.5, 0.6) is 0 Å². The fraction of sp³-hybridized carbons (Fsp3) is 0.867. The molecular formula is C30H47N3O3. The van der Waals surface area contributed by atoms with Crippen molar-refractivity contribution in [3.05, 3.63) is 24.0 Å². The second-order valence-corrected chi connectivity index (χ2v) is 13.3. The van der Waals surface area contributed by atoms with Crippen molar-refractivity contribution in [1.29, 1.82) is 0 Å². The van der Waals surface area contributed by atoms with Crippen LogP contribution in [0.15, 0.2) is 18.5 Å². The van der Waals surface area contributed by atoms with Crippen LogP contribution in [0, 0.1) is 28.6 Å². The van der Waals surface area contributed by atoms with Crippen LogP contribution in [0.1, 0.15) is 90.0 Å². The van der Waals surface area contributed by atoms with E-state index in [9.17, 15) is 5.11 Å². The number of ether oxygens (including phenoxy) is 2. The van der Waals surface area contributed by atoms with Gasteiger partial charge in [-0.25, -0.2) is 0 Å². The predicted molar refractivity (Wildman–Crippen MR) is 139 cm³/mol. The normalized spacial score (nSPS) is 46.8. The first-order chi connectivity index (χ1) is 17.4. The van der Waals surface area contributed by atoms with Gasteiger partial charge in [0.1, 0.15) is 5.60 Å². The average molecular weight is 498 g/mol. The molecular weight excluding hydrogens is 450 g/mol. The summed E-state index contributed by atoms with van der Waals surface area (Å²) in [4.78, 5) is 2.56. The van der Waals surface area contributed by atoms with E-state index in [2.05, 4.69) is 28.9 Å². The summed E-state index contributed by atoms with van der Waals surface area (Å²) < 4.78 is 12.8. The maximum absolute atomic E-state index is 12.6. The SMILES string of the molecule is CO[C@]1(c2ccnnc2)CC[C@]2(O)[C@@H]3CC[C@@H]4C[C@@H](OCCN5CCCC5)CC[C@]4(C)[C@H]3CC[C@]12C. The molecule has 1 N–H and O–H groups in total. The van der Waals surface area contributed by atoms with Crippen molar-refractivity contribution in [1.82, 2.24) is 15.1 Å². The summed E-state index contributed by atoms with van der Waals surface area (Å²) in [5, 5.41) is 20.8. The number of nitrogens with zero attached hydrogens (tertiary/aromatic N) is 3. The Morgan fingerprint density at radius 2 is 1.83 bits per heavy atom. The zero-order chi connectivity index (χ0) is 25.0. The van der Waals surface area contributed by atoms with E-state index in [4.69, 9.17) is 9.47 Å². The van der Waals surface area contributed by atoms with Gasteiger partial charge in [-0.1, -0.05) is 13.8 Å². The molecule has 4 aliphatic carbocycles. The van der Waals surface area contributed by atoms with Crippen molar-refractivity contribution in [2.24, 2.45) is 28.6 Å². The Morgan fingerprint density at radius 3 is 2.58 bits per heavy atom. The smallest absolute Gasteiger partial charge is 0.102 e. The molecule has 1 aliphatic heterocycles. The van der Waals surface area contributed by atoms with E-state index in [1.807, 2.05) is 19.4 Å². The maximum atomic E-state index is 12.6. The maximum Gasteiger partial charge on any atom is 0.102 e. The minimum absolute atomic E-state index is 0.311. The number of fused-ring (bicyclic) bond motifs is 5. The number of aromatic nitrogens is 2. The zero-order valence-electron chi connectivity index (χ0n) is 22.8. The Morgan fingerprint density at radius 1 is 1.00 bits per heavy atom. The number of hydrogen-bond donors (Lipinski definition) is 1. The van der Waals surface area contributed by atoms with E-state index in [1.54, 1.807) is 6.20 Å². The summed E-state index contributed by atoms with van der Waals surface area (Å²) in [7, 11) is 1.83. The van der Waals surface area contributed by atoms with Crippen LogP contribution in [-0.4, -0.2) is 65.3 Å². The van der Waals surface area contributed by atoms with Gasteiger partial charge in [0.05, 0.1) is 24.5 Å². The summed E-state index contributed by atoms with van der Waals surface area (Å²) in [5.41, 5.74) is -0.139. The van der Waals surface area contributed by atoms with Gasteiger partial charge in [-0.15, -0.1) is 0 Å². The molecule has 6 nitrogen and oxygen atoms in total. The molecule has 5 aliphatic rings. The first-order valence-corrected chi connectivity index (χ1v) is 14.7. The lowest BCUT2D eigenvalue weighted by Crippen LogP contribution is -2.64. The van der Waals surface area contributed by atoms with Crippen molar-refractivity contribution in [2.45, 2.75) is 102 Å². The highest BCUT2D eigenvalue weighted by atomic mass is 16.5. The third-order valence-electron chi connectivity index (χ3n) is 12.3. The summed E-state index contributed by atoms with van der Waals surface area (Å²) in [5.74, 6) is 1.65. The number of methoxy groups -OCH3 is 1. The first kappa shape index (κ1) is 25.2. The van der Waals surface area contributed by atoms with Gasteiger partial charge in [-0.2, -0.15) is 10.2 Å². The fourth-order valence-electron chi connectivity index (χ4n) is 10.1. The predicted octanol–water partition coefficient (Wildman–Crippen LogP) is 4.96. The van der Waals surface area contributed by atoms with E-state index in [0.29, 0.717) is 23.4 Å². The number of aliphatic hydroxyl groups is 1. The number of rotatable bonds is 6. The molecule has 0 spiro atoms. The average Bonchev–Trinajstić information content (AvgIpc) is 3.49. The van der Waals surface area contributed by atoms with Gasteiger partial charge in [0.2, 0.25) is 0 Å². The molecule has 4 saturated carbocycles. The summed E-state index contributed by atoms with van der Waals surface area (Å²) in [6.07, 6.45) is 16.6. The molecule has 0 bridgehead atoms. The van der Waals surface area contributed by atoms with Crippen molar-refractivity contribution >= 4 is 0 Å². The summed E-state index contributed by atoms with van der Waals surface area (Å²) in [6, 6.07) is 2.04. The van der Waals surface area contributed by atoms with Crippen LogP contribution in [0.2, 0.25) is 0 Å². The van der Waals surface area contributed by atoms with E-state index in [0.717, 1.165) is 50.3 Å². The molecule has 36 heavy (non-hydrogen) atoms. The lowest BCUT2D eigenvalue weighted by Gasteiger charge is -2.64. The first-order valence-electron chi connectivity index (χ1n) is 14.7. The van der Waals surface area contributed by atoms with Crippen LogP contribution in [0.3, 0.4) is 0 Å². The van der Waals surface area contributed by atoms with Gasteiger partial charge < -0.3 is 19.5 Å². The lowest BCUT2D eigenvalue weighted by atomic mass is 9.43. The molecule has 0 amide bonds. The highest BCUT2D eigenvalue weighted by Gasteiger charge is 2.72. The molecule has 200 valence electrons. The monoisotopic (exact) mass is 497 g/mol. The fourth-order valence-corrected chi connectivity index (χ4v) is 10.1. The molecule has 8 atom stereocenters. The standard InChI is InChI=1S/C30H47N3O3/c1-27-11-8-24(36-19-18-33-16-4-5-17-33)20-22(27)6-7-26-25(27)9-12-28(2)29(26,34)13-14-30(28,35-3)23-10-15-31-32-21-23/h10,15,21-22,24-26,34H,4-9,11-14,16-20H2,1-3H3/t22-,24+,25+,26-,27+,28+,29+,30+/m1/s1. The Balaban J connectivity index is 1.18. The van der Waals surface area contributed by atoms with E-state index < -0.39 is 11.2 Å². The lowest BCUT2D eigenvalue weighted by molar-refractivity contribution is -0.244. The quantitative estimate of drug-likeness (QED) is 0.599. The largest absolute Gasteiger partial charge is 0.389 e. The Labute approximate surface area is 217 Å². The highest BCUT2D eigenvalue weighted by Crippen LogP contribution is 2.72. The molecule has 1 aromatic heterocycles. The molecule has 6 heteroatoms. The van der Waals surface area contributed by atoms with E-state index in [-0.39, 0.29) is 5.41 Å². The van der Waals surface area contributed by atoms with Gasteiger partial charge >= 0.3 is 0 Å². The topological polar surface area (TPSA) is 67.7 Å². The minimum atomic E-state index is -0.702.